The number of allylic oxidation sites excluding steroid dienone is 2. The number of rotatable bonds is 6. The second-order valence-corrected chi connectivity index (χ2v) is 9.27. The van der Waals surface area contributed by atoms with Crippen LogP contribution in [0.2, 0.25) is 0 Å². The van der Waals surface area contributed by atoms with Gasteiger partial charge in [-0.1, -0.05) is 24.3 Å². The number of cyclic esters (lactones) is 2. The maximum absolute atomic E-state index is 11.9. The molecule has 2 fully saturated rings. The molecule has 174 valence electrons. The van der Waals surface area contributed by atoms with Crippen LogP contribution in [-0.4, -0.2) is 78.8 Å². The Morgan fingerprint density at radius 1 is 1.00 bits per heavy atom. The van der Waals surface area contributed by atoms with Gasteiger partial charge in [0, 0.05) is 56.8 Å². The summed E-state index contributed by atoms with van der Waals surface area (Å²) in [6.07, 6.45) is 4.66. The highest BCUT2D eigenvalue weighted by atomic mass is 16.5. The van der Waals surface area contributed by atoms with Gasteiger partial charge in [-0.05, 0) is 41.7 Å². The first kappa shape index (κ1) is 22.1. The lowest BCUT2D eigenvalue weighted by Gasteiger charge is -2.36. The Kier molecular flexibility index (Phi) is 6.19. The average Bonchev–Trinajstić information content (AvgIpc) is 3.12. The maximum Gasteiger partial charge on any atom is 0.338 e. The fourth-order valence-corrected chi connectivity index (χ4v) is 5.01. The van der Waals surface area contributed by atoms with Gasteiger partial charge in [0.25, 0.3) is 0 Å². The zero-order valence-electron chi connectivity index (χ0n) is 19.0. The molecule has 1 aliphatic carbocycles. The molecule has 3 aliphatic heterocycles. The lowest BCUT2D eigenvalue weighted by molar-refractivity contribution is -0.139. The largest absolute Gasteiger partial charge is 0.458 e. The third-order valence-corrected chi connectivity index (χ3v) is 7.19. The van der Waals surface area contributed by atoms with E-state index in [1.165, 1.54) is 5.56 Å². The van der Waals surface area contributed by atoms with Gasteiger partial charge < -0.3 is 19.5 Å². The Hall–Kier alpha value is -2.74. The van der Waals surface area contributed by atoms with Gasteiger partial charge in [0.2, 0.25) is 0 Å². The van der Waals surface area contributed by atoms with Gasteiger partial charge in [0.15, 0.2) is 0 Å². The number of piperazine rings is 1. The molecule has 0 aromatic heterocycles. The number of aliphatic hydroxyl groups excluding tert-OH is 1. The minimum Gasteiger partial charge on any atom is -0.458 e. The highest BCUT2D eigenvalue weighted by molar-refractivity contribution is 5.93. The minimum atomic E-state index is -0.591. The summed E-state index contributed by atoms with van der Waals surface area (Å²) in [4.78, 5) is 28.2. The number of benzene rings is 1. The van der Waals surface area contributed by atoms with Crippen molar-refractivity contribution in [2.45, 2.75) is 32.5 Å². The zero-order valence-corrected chi connectivity index (χ0v) is 19.0. The van der Waals surface area contributed by atoms with Crippen molar-refractivity contribution in [3.05, 3.63) is 69.3 Å². The van der Waals surface area contributed by atoms with Crippen molar-refractivity contribution in [3.63, 3.8) is 0 Å². The normalized spacial score (nSPS) is 22.2. The Morgan fingerprint density at radius 3 is 2.58 bits per heavy atom. The van der Waals surface area contributed by atoms with E-state index in [0.717, 1.165) is 61.4 Å². The van der Waals surface area contributed by atoms with Crippen LogP contribution in [0.15, 0.2) is 52.6 Å². The van der Waals surface area contributed by atoms with Gasteiger partial charge in [-0.2, -0.15) is 0 Å². The molecule has 1 unspecified atom stereocenters. The second-order valence-electron chi connectivity index (χ2n) is 9.27. The van der Waals surface area contributed by atoms with Crippen molar-refractivity contribution >= 4 is 11.9 Å². The van der Waals surface area contributed by atoms with Crippen molar-refractivity contribution in [1.82, 2.24) is 9.80 Å². The molecule has 1 aromatic rings. The highest BCUT2D eigenvalue weighted by Gasteiger charge is 2.28. The number of hydrogen-bond acceptors (Lipinski definition) is 7. The summed E-state index contributed by atoms with van der Waals surface area (Å²) >= 11 is 0. The number of carbonyl (C=O) groups is 2. The molecule has 5 rings (SSSR count). The van der Waals surface area contributed by atoms with Crippen LogP contribution in [0.5, 0.6) is 0 Å². The summed E-state index contributed by atoms with van der Waals surface area (Å²) in [7, 11) is 0. The molecule has 4 aliphatic rings. The number of fused-ring (bicyclic) bond motifs is 3. The van der Waals surface area contributed by atoms with Crippen LogP contribution in [0.4, 0.5) is 0 Å². The Balaban J connectivity index is 1.12. The molecule has 2 bridgehead atoms. The summed E-state index contributed by atoms with van der Waals surface area (Å²) < 4.78 is 10.3. The van der Waals surface area contributed by atoms with E-state index in [9.17, 15) is 14.7 Å². The summed E-state index contributed by atoms with van der Waals surface area (Å²) in [5, 5.41) is 11.0. The Morgan fingerprint density at radius 2 is 1.76 bits per heavy atom. The molecule has 2 saturated heterocycles. The van der Waals surface area contributed by atoms with Gasteiger partial charge in [0.05, 0.1) is 11.7 Å². The lowest BCUT2D eigenvalue weighted by atomic mass is 9.94. The van der Waals surface area contributed by atoms with Crippen LogP contribution in [0.25, 0.3) is 0 Å². The second kappa shape index (κ2) is 9.25. The first-order chi connectivity index (χ1) is 16.0. The molecule has 0 radical (unpaired) electrons. The SMILES string of the molecule is CC1=C2COC(=O)C(=CC=C1C(O)CN1CCN(CCc3ccc4c(c3)COC4=O)CC1)C2. The van der Waals surface area contributed by atoms with Crippen molar-refractivity contribution in [1.29, 1.82) is 0 Å². The van der Waals surface area contributed by atoms with Crippen LogP contribution in [0.3, 0.4) is 0 Å². The first-order valence-corrected chi connectivity index (χ1v) is 11.7. The van der Waals surface area contributed by atoms with E-state index >= 15 is 0 Å². The number of β-amino-alcohol motifs (C(OH)–C–C–N with tert-alkyl or cyclic N) is 1. The maximum atomic E-state index is 11.9. The monoisotopic (exact) mass is 450 g/mol. The number of aliphatic hydroxyl groups is 1. The van der Waals surface area contributed by atoms with Gasteiger partial charge in [-0.15, -0.1) is 0 Å². The Bertz CT molecular complexity index is 1060. The van der Waals surface area contributed by atoms with E-state index in [1.54, 1.807) is 6.08 Å². The molecule has 1 aromatic carbocycles. The van der Waals surface area contributed by atoms with Crippen molar-refractivity contribution in [2.24, 2.45) is 0 Å². The molecular formula is C26H30N2O5. The van der Waals surface area contributed by atoms with Crippen LogP contribution in [0, 0.1) is 0 Å². The van der Waals surface area contributed by atoms with E-state index in [-0.39, 0.29) is 11.9 Å². The van der Waals surface area contributed by atoms with E-state index in [2.05, 4.69) is 15.9 Å². The number of nitrogens with zero attached hydrogens (tertiary/aromatic N) is 2. The zero-order chi connectivity index (χ0) is 22.9. The molecule has 0 amide bonds. The lowest BCUT2D eigenvalue weighted by Crippen LogP contribution is -2.49. The predicted octanol–water partition coefficient (Wildman–Crippen LogP) is 2.01. The molecule has 7 heteroatoms. The van der Waals surface area contributed by atoms with Crippen molar-refractivity contribution in [2.75, 3.05) is 45.9 Å². The molecule has 7 nitrogen and oxygen atoms in total. The molecule has 0 spiro atoms. The predicted molar refractivity (Wildman–Crippen MR) is 123 cm³/mol. The standard InChI is InChI=1S/C26H30N2O5/c1-17-20-13-19(25(30)32-15-20)3-5-22(17)24(29)14-28-10-8-27(9-11-28)7-6-18-2-4-23-21(12-18)16-33-26(23)31/h2-5,12,24,29H,6-11,13-16H2,1H3. The fourth-order valence-electron chi connectivity index (χ4n) is 5.01. The third-order valence-electron chi connectivity index (χ3n) is 7.19. The van der Waals surface area contributed by atoms with Crippen LogP contribution < -0.4 is 0 Å². The quantitative estimate of drug-likeness (QED) is 0.664. The van der Waals surface area contributed by atoms with Gasteiger partial charge in [-0.3, -0.25) is 4.90 Å². The molecular weight excluding hydrogens is 420 g/mol. The molecule has 1 N–H and O–H groups in total. The summed E-state index contributed by atoms with van der Waals surface area (Å²) in [6, 6.07) is 6.00. The van der Waals surface area contributed by atoms with E-state index in [0.29, 0.717) is 37.3 Å². The average molecular weight is 451 g/mol. The fraction of sp³-hybridized carbons (Fsp3) is 0.462. The topological polar surface area (TPSA) is 79.3 Å². The molecule has 0 saturated carbocycles. The van der Waals surface area contributed by atoms with Gasteiger partial charge >= 0.3 is 11.9 Å². The van der Waals surface area contributed by atoms with Crippen molar-refractivity contribution < 1.29 is 24.2 Å². The summed E-state index contributed by atoms with van der Waals surface area (Å²) in [6.45, 7) is 8.02. The minimum absolute atomic E-state index is 0.220. The van der Waals surface area contributed by atoms with Crippen LogP contribution >= 0.6 is 0 Å². The summed E-state index contributed by atoms with van der Waals surface area (Å²) in [5.41, 5.74) is 6.59. The van der Waals surface area contributed by atoms with Crippen molar-refractivity contribution in [3.8, 4) is 0 Å². The highest BCUT2D eigenvalue weighted by Crippen LogP contribution is 2.31. The van der Waals surface area contributed by atoms with Gasteiger partial charge in [0.1, 0.15) is 13.2 Å². The van der Waals surface area contributed by atoms with Crippen LogP contribution in [0.1, 0.15) is 34.8 Å². The molecule has 1 atom stereocenters. The van der Waals surface area contributed by atoms with E-state index < -0.39 is 6.10 Å². The Labute approximate surface area is 194 Å². The van der Waals surface area contributed by atoms with E-state index in [4.69, 9.17) is 9.47 Å². The number of carbonyl (C=O) groups excluding carboxylic acids is 2. The smallest absolute Gasteiger partial charge is 0.338 e. The number of ether oxygens (including phenoxy) is 2. The third kappa shape index (κ3) is 4.67. The van der Waals surface area contributed by atoms with E-state index in [1.807, 2.05) is 25.1 Å². The summed E-state index contributed by atoms with van der Waals surface area (Å²) in [5.74, 6) is -0.473. The number of hydrogen-bond donors (Lipinski definition) is 1. The van der Waals surface area contributed by atoms with Gasteiger partial charge in [-0.25, -0.2) is 9.59 Å². The molecule has 33 heavy (non-hydrogen) atoms. The first-order valence-electron chi connectivity index (χ1n) is 11.7. The van der Waals surface area contributed by atoms with Crippen LogP contribution in [-0.2, 0) is 27.3 Å². The number of esters is 2. The molecule has 3 heterocycles.